The molecule has 1 aromatic heterocycles. The van der Waals surface area contributed by atoms with E-state index in [-0.39, 0.29) is 0 Å². The molecule has 3 aromatic rings. The molecule has 2 aromatic carbocycles. The normalized spacial score (nSPS) is 12.6. The van der Waals surface area contributed by atoms with Crippen LogP contribution in [0.3, 0.4) is 0 Å². The third kappa shape index (κ3) is 3.08. The third-order valence-corrected chi connectivity index (χ3v) is 5.57. The van der Waals surface area contributed by atoms with Gasteiger partial charge in [-0.25, -0.2) is 0 Å². The highest BCUT2D eigenvalue weighted by Crippen LogP contribution is 2.29. The fourth-order valence-electron chi connectivity index (χ4n) is 2.18. The molecule has 0 aliphatic heterocycles. The van der Waals surface area contributed by atoms with Crippen LogP contribution in [0.5, 0.6) is 0 Å². The summed E-state index contributed by atoms with van der Waals surface area (Å²) in [6.45, 7) is 2.18. The summed E-state index contributed by atoms with van der Waals surface area (Å²) in [5.74, 6) is 0. The number of hydrogen-bond donors (Lipinski definition) is 1. The quantitative estimate of drug-likeness (QED) is 0.512. The summed E-state index contributed by atoms with van der Waals surface area (Å²) in [6.07, 6.45) is 0. The Labute approximate surface area is 139 Å². The lowest BCUT2D eigenvalue weighted by molar-refractivity contribution is 0.908. The third-order valence-electron chi connectivity index (χ3n) is 3.20. The van der Waals surface area contributed by atoms with Crippen LogP contribution in [0.25, 0.3) is 10.8 Å². The molecule has 1 N–H and O–H groups in total. The smallest absolute Gasteiger partial charge is 0.0578 e. The Kier molecular flexibility index (Phi) is 4.15. The molecule has 0 aliphatic carbocycles. The first-order chi connectivity index (χ1) is 9.61. The lowest BCUT2D eigenvalue weighted by Gasteiger charge is -2.14. The number of fused-ring (bicyclic) bond motifs is 1. The van der Waals surface area contributed by atoms with Crippen LogP contribution in [0.15, 0.2) is 56.8 Å². The van der Waals surface area contributed by atoms with Gasteiger partial charge in [-0.15, -0.1) is 11.3 Å². The predicted octanol–water partition coefficient (Wildman–Crippen LogP) is 6.60. The number of halogens is 2. The standard InChI is InChI=1S/C16H13Br2NS/c1-10(16-8-14(18)9-20-16)19-15-5-3-11-6-13(17)4-2-12(11)7-15/h2-10,19H,1H3. The predicted molar refractivity (Wildman–Crippen MR) is 95.7 cm³/mol. The van der Waals surface area contributed by atoms with E-state index in [1.54, 1.807) is 11.3 Å². The molecular formula is C16H13Br2NS. The summed E-state index contributed by atoms with van der Waals surface area (Å²) in [7, 11) is 0. The monoisotopic (exact) mass is 409 g/mol. The van der Waals surface area contributed by atoms with Crippen LogP contribution in [0, 0.1) is 0 Å². The first-order valence-corrected chi connectivity index (χ1v) is 8.78. The number of hydrogen-bond acceptors (Lipinski definition) is 2. The molecule has 0 bridgehead atoms. The van der Waals surface area contributed by atoms with Crippen LogP contribution < -0.4 is 5.32 Å². The summed E-state index contributed by atoms with van der Waals surface area (Å²) in [5.41, 5.74) is 1.15. The maximum atomic E-state index is 3.56. The molecule has 0 aliphatic rings. The first kappa shape index (κ1) is 14.1. The lowest BCUT2D eigenvalue weighted by atomic mass is 10.1. The van der Waals surface area contributed by atoms with E-state index >= 15 is 0 Å². The molecule has 3 rings (SSSR count). The SMILES string of the molecule is CC(Nc1ccc2cc(Br)ccc2c1)c1cc(Br)cs1. The molecule has 1 unspecified atom stereocenters. The zero-order chi connectivity index (χ0) is 14.1. The number of benzene rings is 2. The van der Waals surface area contributed by atoms with Crippen molar-refractivity contribution >= 4 is 59.7 Å². The van der Waals surface area contributed by atoms with Gasteiger partial charge in [0.1, 0.15) is 0 Å². The molecule has 1 nitrogen and oxygen atoms in total. The highest BCUT2D eigenvalue weighted by Gasteiger charge is 2.08. The van der Waals surface area contributed by atoms with Crippen LogP contribution in [0.2, 0.25) is 0 Å². The minimum absolute atomic E-state index is 0.305. The maximum Gasteiger partial charge on any atom is 0.0578 e. The van der Waals surface area contributed by atoms with E-state index in [4.69, 9.17) is 0 Å². The van der Waals surface area contributed by atoms with Crippen molar-refractivity contribution in [2.24, 2.45) is 0 Å². The molecule has 1 heterocycles. The topological polar surface area (TPSA) is 12.0 Å². The van der Waals surface area contributed by atoms with E-state index in [0.29, 0.717) is 6.04 Å². The minimum atomic E-state index is 0.305. The number of anilines is 1. The van der Waals surface area contributed by atoms with Gasteiger partial charge in [-0.05, 0) is 64.0 Å². The van der Waals surface area contributed by atoms with Gasteiger partial charge >= 0.3 is 0 Å². The van der Waals surface area contributed by atoms with Gasteiger partial charge in [-0.3, -0.25) is 0 Å². The maximum absolute atomic E-state index is 3.56. The van der Waals surface area contributed by atoms with Crippen molar-refractivity contribution in [3.05, 3.63) is 61.7 Å². The molecule has 0 fully saturated rings. The fraction of sp³-hybridized carbons (Fsp3) is 0.125. The average molecular weight is 411 g/mol. The molecule has 1 atom stereocenters. The molecule has 0 spiro atoms. The summed E-state index contributed by atoms with van der Waals surface area (Å²) in [6, 6.07) is 15.3. The molecule has 20 heavy (non-hydrogen) atoms. The van der Waals surface area contributed by atoms with Crippen LogP contribution in [-0.2, 0) is 0 Å². The zero-order valence-electron chi connectivity index (χ0n) is 10.9. The fourth-order valence-corrected chi connectivity index (χ4v) is 4.01. The van der Waals surface area contributed by atoms with Crippen LogP contribution >= 0.6 is 43.2 Å². The van der Waals surface area contributed by atoms with Gasteiger partial charge in [0.15, 0.2) is 0 Å². The van der Waals surface area contributed by atoms with E-state index in [9.17, 15) is 0 Å². The van der Waals surface area contributed by atoms with E-state index in [2.05, 4.69) is 91.9 Å². The summed E-state index contributed by atoms with van der Waals surface area (Å²) < 4.78 is 2.26. The van der Waals surface area contributed by atoms with Crippen molar-refractivity contribution in [2.45, 2.75) is 13.0 Å². The summed E-state index contributed by atoms with van der Waals surface area (Å²) in [4.78, 5) is 1.33. The molecule has 0 radical (unpaired) electrons. The average Bonchev–Trinajstić information content (AvgIpc) is 2.86. The van der Waals surface area contributed by atoms with E-state index in [1.165, 1.54) is 15.6 Å². The molecule has 0 saturated carbocycles. The van der Waals surface area contributed by atoms with Gasteiger partial charge < -0.3 is 5.32 Å². The van der Waals surface area contributed by atoms with Crippen molar-refractivity contribution in [1.29, 1.82) is 0 Å². The Morgan fingerprint density at radius 3 is 2.45 bits per heavy atom. The van der Waals surface area contributed by atoms with Crippen LogP contribution in [0.4, 0.5) is 5.69 Å². The van der Waals surface area contributed by atoms with Crippen LogP contribution in [-0.4, -0.2) is 0 Å². The number of thiophene rings is 1. The molecule has 102 valence electrons. The largest absolute Gasteiger partial charge is 0.378 e. The second kappa shape index (κ2) is 5.88. The highest BCUT2D eigenvalue weighted by molar-refractivity contribution is 9.10. The highest BCUT2D eigenvalue weighted by atomic mass is 79.9. The first-order valence-electron chi connectivity index (χ1n) is 6.31. The molecular weight excluding hydrogens is 398 g/mol. The van der Waals surface area contributed by atoms with Gasteiger partial charge in [0, 0.05) is 24.9 Å². The second-order valence-electron chi connectivity index (χ2n) is 4.74. The van der Waals surface area contributed by atoms with Gasteiger partial charge in [-0.1, -0.05) is 28.1 Å². The molecule has 0 saturated heterocycles. The molecule has 0 amide bonds. The summed E-state index contributed by atoms with van der Waals surface area (Å²) in [5, 5.41) is 8.17. The van der Waals surface area contributed by atoms with Crippen molar-refractivity contribution in [3.63, 3.8) is 0 Å². The van der Waals surface area contributed by atoms with Crippen molar-refractivity contribution in [2.75, 3.05) is 5.32 Å². The van der Waals surface area contributed by atoms with Crippen LogP contribution in [0.1, 0.15) is 17.8 Å². The molecule has 4 heteroatoms. The van der Waals surface area contributed by atoms with Crippen molar-refractivity contribution in [3.8, 4) is 0 Å². The van der Waals surface area contributed by atoms with E-state index < -0.39 is 0 Å². The Balaban J connectivity index is 1.85. The zero-order valence-corrected chi connectivity index (χ0v) is 14.8. The second-order valence-corrected chi connectivity index (χ2v) is 7.51. The van der Waals surface area contributed by atoms with Crippen molar-refractivity contribution < 1.29 is 0 Å². The van der Waals surface area contributed by atoms with Crippen molar-refractivity contribution in [1.82, 2.24) is 0 Å². The van der Waals surface area contributed by atoms with Gasteiger partial charge in [0.25, 0.3) is 0 Å². The number of nitrogens with one attached hydrogen (secondary N) is 1. The Morgan fingerprint density at radius 2 is 1.70 bits per heavy atom. The lowest BCUT2D eigenvalue weighted by Crippen LogP contribution is -2.04. The Bertz CT molecular complexity index is 751. The van der Waals surface area contributed by atoms with E-state index in [0.717, 1.165) is 14.6 Å². The summed E-state index contributed by atoms with van der Waals surface area (Å²) >= 11 is 8.78. The number of rotatable bonds is 3. The van der Waals surface area contributed by atoms with Gasteiger partial charge in [0.05, 0.1) is 6.04 Å². The Hall–Kier alpha value is -0.840. The van der Waals surface area contributed by atoms with Gasteiger partial charge in [-0.2, -0.15) is 0 Å². The Morgan fingerprint density at radius 1 is 0.950 bits per heavy atom. The minimum Gasteiger partial charge on any atom is -0.378 e. The van der Waals surface area contributed by atoms with E-state index in [1.807, 2.05) is 0 Å². The van der Waals surface area contributed by atoms with Gasteiger partial charge in [0.2, 0.25) is 0 Å².